The Kier molecular flexibility index (Phi) is 30.4. The standard InChI is InChI=1S/C74H109N11O18/c1-45-15-11-10-12-16-47(3)60(98-8)37-54-20-18-51(7)74(97,103-54)67(91)68(92)85-23-14-13-17-56(85)70(95)101-61(38-58(86)48(4)34-50(6)65(89)66(90)64(88)49(5)33-45)55(75)35-52-19-21-59(62(36-52)99-9)102-73(96)80-43-53-41-78-72(79-42-53)83-28-29-84(57(44-83)69(93)94)63(87)22-31-100-32-30-81-24-26-82(27-25-81)71-76-39-46(2)40-77-71/h10-12,15-16,34,39-42,45,48-49,51-52,54-57,59-62,65-66,89-90,97H,13-14,17-33,35-38,43-44,75H2,1-9H3,(H,80,96)(H,93,94)/b12-10?,15-11+,47-16?,50-34+/t45-,48-,49-,51-,52+,54+,55-,56+,57-,59-,60+,61+,62-,65-,66+,74-/m1/s1. The third-order valence-electron chi connectivity index (χ3n) is 21.1. The summed E-state index contributed by atoms with van der Waals surface area (Å²) in [7, 11) is 3.03. The zero-order valence-electron chi connectivity index (χ0n) is 61.2. The first kappa shape index (κ1) is 81.2. The Labute approximate surface area is 603 Å². The van der Waals surface area contributed by atoms with Gasteiger partial charge >= 0.3 is 18.0 Å². The summed E-state index contributed by atoms with van der Waals surface area (Å²) in [5.74, 6) is -9.97. The number of nitrogens with one attached hydrogen (secondary N) is 1. The summed E-state index contributed by atoms with van der Waals surface area (Å²) in [5.41, 5.74) is 9.54. The van der Waals surface area contributed by atoms with E-state index in [1.54, 1.807) is 32.8 Å². The molecule has 6 aliphatic rings. The van der Waals surface area contributed by atoms with E-state index in [1.807, 2.05) is 63.5 Å². The van der Waals surface area contributed by atoms with E-state index < -0.39 is 132 Å². The van der Waals surface area contributed by atoms with E-state index in [2.05, 4.69) is 35.1 Å². The first-order chi connectivity index (χ1) is 49.2. The molecule has 2 aromatic heterocycles. The molecule has 8 rings (SSSR count). The van der Waals surface area contributed by atoms with Gasteiger partial charge in [0.15, 0.2) is 5.78 Å². The van der Waals surface area contributed by atoms with Crippen molar-refractivity contribution in [1.29, 1.82) is 0 Å². The monoisotopic (exact) mass is 1440 g/mol. The number of piperidine rings is 1. The molecular weight excluding hydrogens is 1330 g/mol. The van der Waals surface area contributed by atoms with Crippen LogP contribution in [0.25, 0.3) is 0 Å². The highest BCUT2D eigenvalue weighted by atomic mass is 16.6. The Morgan fingerprint density at radius 2 is 1.47 bits per heavy atom. The number of fused-ring (bicyclic) bond motifs is 3. The lowest BCUT2D eigenvalue weighted by molar-refractivity contribution is -0.265. The zero-order chi connectivity index (χ0) is 74.7. The number of ketones is 3. The van der Waals surface area contributed by atoms with Gasteiger partial charge in [-0.25, -0.2) is 34.3 Å². The molecule has 568 valence electrons. The van der Waals surface area contributed by atoms with Gasteiger partial charge in [0, 0.05) is 140 Å². The van der Waals surface area contributed by atoms with Gasteiger partial charge in [-0.2, -0.15) is 0 Å². The largest absolute Gasteiger partial charge is 0.480 e. The number of aryl methyl sites for hydroxylation is 1. The highest BCUT2D eigenvalue weighted by Crippen LogP contribution is 2.38. The number of piperazine rings is 2. The second-order valence-electron chi connectivity index (χ2n) is 28.8. The predicted molar refractivity (Wildman–Crippen MR) is 379 cm³/mol. The van der Waals surface area contributed by atoms with Crippen molar-refractivity contribution in [2.24, 2.45) is 35.3 Å². The zero-order valence-corrected chi connectivity index (χ0v) is 61.2. The maximum Gasteiger partial charge on any atom is 0.407 e. The van der Waals surface area contributed by atoms with Gasteiger partial charge in [0.2, 0.25) is 23.6 Å². The van der Waals surface area contributed by atoms with Crippen molar-refractivity contribution >= 4 is 59.1 Å². The van der Waals surface area contributed by atoms with Crippen LogP contribution < -0.4 is 20.9 Å². The summed E-state index contributed by atoms with van der Waals surface area (Å²) in [5, 5.41) is 47.5. The molecule has 0 aromatic carbocycles. The van der Waals surface area contributed by atoms with Crippen LogP contribution in [0.3, 0.4) is 0 Å². The Bertz CT molecular complexity index is 3330. The number of allylic oxidation sites excluding steroid dienone is 6. The molecule has 29 nitrogen and oxygen atoms in total. The highest BCUT2D eigenvalue weighted by Gasteiger charge is 2.53. The van der Waals surface area contributed by atoms with Gasteiger partial charge in [-0.15, -0.1) is 0 Å². The van der Waals surface area contributed by atoms with Crippen molar-refractivity contribution in [2.75, 3.05) is 96.1 Å². The van der Waals surface area contributed by atoms with Crippen molar-refractivity contribution < 1.29 is 87.2 Å². The van der Waals surface area contributed by atoms with Gasteiger partial charge in [-0.1, -0.05) is 64.2 Å². The minimum atomic E-state index is -2.52. The maximum atomic E-state index is 14.7. The molecule has 4 saturated heterocycles. The van der Waals surface area contributed by atoms with Crippen LogP contribution in [0.15, 0.2) is 72.4 Å². The van der Waals surface area contributed by atoms with Crippen LogP contribution in [0.1, 0.15) is 136 Å². The number of aliphatic hydroxyl groups excluding tert-OH is 2. The number of alkyl carbamates (subject to hydrolysis) is 1. The average Bonchev–Trinajstić information content (AvgIpc) is 0.779. The molecule has 0 unspecified atom stereocenters. The number of esters is 1. The lowest BCUT2D eigenvalue weighted by Gasteiger charge is -2.42. The Morgan fingerprint density at radius 1 is 0.767 bits per heavy atom. The molecule has 0 radical (unpaired) electrons. The number of ether oxygens (including phenoxy) is 6. The van der Waals surface area contributed by atoms with E-state index in [0.29, 0.717) is 76.0 Å². The van der Waals surface area contributed by atoms with Crippen LogP contribution in [0, 0.1) is 36.5 Å². The second kappa shape index (κ2) is 38.5. The number of Topliss-reactive ketones (excluding diaryl/α,β-unsaturated/α-hetero) is 3. The third kappa shape index (κ3) is 22.3. The minimum absolute atomic E-state index is 0.0136. The fourth-order valence-electron chi connectivity index (χ4n) is 14.5. The maximum absolute atomic E-state index is 14.7. The quantitative estimate of drug-likeness (QED) is 0.0554. The number of carboxylic acids is 1. The smallest absolute Gasteiger partial charge is 0.407 e. The number of rotatable bonds is 17. The lowest BCUT2D eigenvalue weighted by Crippen LogP contribution is -2.61. The summed E-state index contributed by atoms with van der Waals surface area (Å²) in [6.07, 6.45) is 12.9. The fraction of sp³-hybridized carbons (Fsp3) is 0.676. The van der Waals surface area contributed by atoms with Crippen LogP contribution in [0.5, 0.6) is 0 Å². The SMILES string of the molecule is CO[C@H]1C[C@@H]2CC[C@@H](C)[C@@](O)(O2)C(=O)C(=O)N2CCCC[C@H]2C(=O)O[C@H]([C@H](N)C[C@@H]2CC[C@@H](OC(=O)NCc3cnc(N4CCN(C(=O)CCOCCN5CCN(c6ncc(C)cn6)CC5)[C@@H](C(=O)O)C4)nc3)[C@H](OC)C2)CC(=O)[C@H](C)/C=C(\C)[C@@H](O)[C@@H](O)C(=O)[C@H](C)C[C@H](C)/C=C/C=CC=C1C. The van der Waals surface area contributed by atoms with Crippen LogP contribution >= 0.6 is 0 Å². The van der Waals surface area contributed by atoms with E-state index in [-0.39, 0.29) is 94.3 Å². The van der Waals surface area contributed by atoms with Gasteiger partial charge in [-0.3, -0.25) is 28.9 Å². The topological polar surface area (TPSA) is 379 Å². The van der Waals surface area contributed by atoms with E-state index in [9.17, 15) is 58.8 Å². The number of aliphatic hydroxyl groups is 3. The van der Waals surface area contributed by atoms with Crippen LogP contribution in [-0.4, -0.2) is 255 Å². The van der Waals surface area contributed by atoms with Gasteiger partial charge < -0.3 is 79.5 Å². The molecule has 29 heteroatoms. The average molecular weight is 1440 g/mol. The van der Waals surface area contributed by atoms with Crippen LogP contribution in [-0.2, 0) is 68.5 Å². The molecule has 0 spiro atoms. The molecule has 5 fully saturated rings. The predicted octanol–water partition coefficient (Wildman–Crippen LogP) is 4.37. The van der Waals surface area contributed by atoms with Gasteiger partial charge in [0.25, 0.3) is 11.7 Å². The van der Waals surface area contributed by atoms with Crippen molar-refractivity contribution in [3.05, 3.63) is 83.5 Å². The first-order valence-corrected chi connectivity index (χ1v) is 36.4. The van der Waals surface area contributed by atoms with Crippen molar-refractivity contribution in [2.45, 2.75) is 205 Å². The number of carbonyl (C=O) groups excluding carboxylic acids is 7. The molecule has 3 amide bonds. The van der Waals surface area contributed by atoms with Crippen LogP contribution in [0.2, 0.25) is 0 Å². The minimum Gasteiger partial charge on any atom is -0.480 e. The number of aliphatic carboxylic acids is 1. The van der Waals surface area contributed by atoms with E-state index >= 15 is 0 Å². The molecule has 1 saturated carbocycles. The summed E-state index contributed by atoms with van der Waals surface area (Å²) in [6.45, 7) is 17.0. The number of hydrogen-bond donors (Lipinski definition) is 6. The molecule has 5 aliphatic heterocycles. The number of aromatic nitrogens is 4. The number of hydrogen-bond acceptors (Lipinski definition) is 25. The highest BCUT2D eigenvalue weighted by molar-refractivity contribution is 6.39. The van der Waals surface area contributed by atoms with E-state index in [0.717, 1.165) is 42.2 Å². The second-order valence-corrected chi connectivity index (χ2v) is 28.8. The molecule has 103 heavy (non-hydrogen) atoms. The van der Waals surface area contributed by atoms with Crippen molar-refractivity contribution in [1.82, 2.24) is 40.0 Å². The normalized spacial score (nSPS) is 31.6. The third-order valence-corrected chi connectivity index (χ3v) is 21.1. The molecule has 2 aromatic rings. The molecule has 7 N–H and O–H groups in total. The summed E-state index contributed by atoms with van der Waals surface area (Å²) in [6, 6.07) is -3.44. The van der Waals surface area contributed by atoms with Crippen molar-refractivity contribution in [3.63, 3.8) is 0 Å². The number of nitrogens with two attached hydrogens (primary N) is 1. The molecule has 1 aliphatic carbocycles. The van der Waals surface area contributed by atoms with E-state index in [4.69, 9.17) is 34.2 Å². The number of methoxy groups -OCH3 is 2. The van der Waals surface area contributed by atoms with Crippen LogP contribution in [0.4, 0.5) is 16.7 Å². The molecule has 16 atom stereocenters. The van der Waals surface area contributed by atoms with E-state index in [1.165, 1.54) is 37.4 Å². The summed E-state index contributed by atoms with van der Waals surface area (Å²) < 4.78 is 35.9. The van der Waals surface area contributed by atoms with Gasteiger partial charge in [-0.05, 0) is 114 Å². The Balaban J connectivity index is 0.859. The van der Waals surface area contributed by atoms with Crippen molar-refractivity contribution in [3.8, 4) is 0 Å². The number of cyclic esters (lactones) is 1. The molecule has 7 heterocycles. The Morgan fingerprint density at radius 3 is 2.17 bits per heavy atom. The number of carbonyl (C=O) groups is 8. The molecular formula is C74H109N11O18. The molecule has 2 bridgehead atoms. The summed E-state index contributed by atoms with van der Waals surface area (Å²) >= 11 is 0. The fourth-order valence-corrected chi connectivity index (χ4v) is 14.5. The number of nitrogens with zero attached hydrogens (tertiary/aromatic N) is 9. The number of carboxylic acid groups (broad SMARTS) is 1. The van der Waals surface area contributed by atoms with Gasteiger partial charge in [0.05, 0.1) is 44.5 Å². The Hall–Kier alpha value is -7.48. The van der Waals surface area contributed by atoms with Gasteiger partial charge in [0.1, 0.15) is 42.3 Å². The number of anilines is 2. The lowest BCUT2D eigenvalue weighted by atomic mass is 9.80. The number of amides is 3. The first-order valence-electron chi connectivity index (χ1n) is 36.4. The summed E-state index contributed by atoms with van der Waals surface area (Å²) in [4.78, 5) is 137.